The number of benzene rings is 1. The van der Waals surface area contributed by atoms with Gasteiger partial charge in [0.1, 0.15) is 0 Å². The normalized spacial score (nSPS) is 14.8. The highest BCUT2D eigenvalue weighted by atomic mass is 16.3. The summed E-state index contributed by atoms with van der Waals surface area (Å²) in [5, 5.41) is 1.12. The molecule has 1 saturated heterocycles. The monoisotopic (exact) mass is 365 g/mol. The number of hydrogen-bond donors (Lipinski definition) is 0. The van der Waals surface area contributed by atoms with Crippen molar-refractivity contribution >= 4 is 22.7 Å². The topological polar surface area (TPSA) is 58.7 Å². The number of aromatic nitrogens is 1. The molecule has 0 bridgehead atoms. The summed E-state index contributed by atoms with van der Waals surface area (Å²) < 4.78 is 7.33. The molecule has 1 aliphatic heterocycles. The maximum atomic E-state index is 12.9. The molecule has 6 nitrogen and oxygen atoms in total. The maximum Gasteiger partial charge on any atom is 0.289 e. The fourth-order valence-electron chi connectivity index (χ4n) is 3.74. The Hall–Kier alpha value is -3.02. The summed E-state index contributed by atoms with van der Waals surface area (Å²) in [5.41, 5.74) is 4.24. The summed E-state index contributed by atoms with van der Waals surface area (Å²) in [6.45, 7) is 6.25. The van der Waals surface area contributed by atoms with Crippen LogP contribution in [0.15, 0.2) is 41.0 Å². The molecule has 1 aliphatic rings. The molecule has 6 heteroatoms. The van der Waals surface area contributed by atoms with Crippen LogP contribution in [0, 0.1) is 13.8 Å². The van der Waals surface area contributed by atoms with Crippen LogP contribution >= 0.6 is 0 Å². The molecule has 0 saturated carbocycles. The first-order valence-corrected chi connectivity index (χ1v) is 9.15. The smallest absolute Gasteiger partial charge is 0.289 e. The van der Waals surface area contributed by atoms with Gasteiger partial charge in [0.2, 0.25) is 0 Å². The van der Waals surface area contributed by atoms with Crippen LogP contribution < -0.4 is 0 Å². The minimum absolute atomic E-state index is 0.0166. The maximum absolute atomic E-state index is 12.9. The number of fused-ring (bicyclic) bond motifs is 1. The first-order chi connectivity index (χ1) is 13.0. The molecule has 0 aliphatic carbocycles. The molecule has 0 spiro atoms. The van der Waals surface area contributed by atoms with E-state index in [4.69, 9.17) is 4.42 Å². The second kappa shape index (κ2) is 6.61. The van der Waals surface area contributed by atoms with Gasteiger partial charge in [-0.3, -0.25) is 9.59 Å². The van der Waals surface area contributed by atoms with E-state index in [0.29, 0.717) is 37.5 Å². The first-order valence-electron chi connectivity index (χ1n) is 9.15. The molecule has 1 aromatic carbocycles. The van der Waals surface area contributed by atoms with E-state index in [1.165, 1.54) is 17.5 Å². The zero-order valence-electron chi connectivity index (χ0n) is 15.9. The van der Waals surface area contributed by atoms with Crippen molar-refractivity contribution in [1.29, 1.82) is 0 Å². The molecule has 0 N–H and O–H groups in total. The highest BCUT2D eigenvalue weighted by molar-refractivity contribution is 5.99. The van der Waals surface area contributed by atoms with Crippen LogP contribution in [0.1, 0.15) is 32.2 Å². The van der Waals surface area contributed by atoms with Crippen molar-refractivity contribution in [3.05, 3.63) is 59.2 Å². The summed E-state index contributed by atoms with van der Waals surface area (Å²) in [6, 6.07) is 9.26. The second-order valence-corrected chi connectivity index (χ2v) is 7.06. The molecule has 0 unspecified atom stereocenters. The summed E-state index contributed by atoms with van der Waals surface area (Å²) in [6.07, 6.45) is 1.50. The minimum atomic E-state index is -0.121. The van der Waals surface area contributed by atoms with Gasteiger partial charge in [0, 0.05) is 55.4 Å². The number of carbonyl (C=O) groups is 2. The van der Waals surface area contributed by atoms with E-state index >= 15 is 0 Å². The zero-order chi connectivity index (χ0) is 19.1. The van der Waals surface area contributed by atoms with Gasteiger partial charge in [-0.05, 0) is 49.7 Å². The lowest BCUT2D eigenvalue weighted by molar-refractivity contribution is 0.0518. The van der Waals surface area contributed by atoms with Crippen LogP contribution in [-0.4, -0.2) is 52.4 Å². The van der Waals surface area contributed by atoms with Crippen molar-refractivity contribution in [3.8, 4) is 0 Å². The molecule has 3 heterocycles. The number of hydrogen-bond acceptors (Lipinski definition) is 3. The van der Waals surface area contributed by atoms with Gasteiger partial charge in [0.25, 0.3) is 11.8 Å². The molecular weight excluding hydrogens is 342 g/mol. The number of amides is 2. The molecular formula is C21H23N3O3. The standard InChI is InChI=1S/C21H23N3O3/c1-14-15(2)22(3)18-7-6-16(13-17(14)18)20(25)23-8-10-24(11-9-23)21(26)19-5-4-12-27-19/h4-7,12-13H,8-11H2,1-3H3. The SMILES string of the molecule is Cc1c(C)n(C)c2ccc(C(=O)N3CCN(C(=O)c4ccco4)CC3)cc12. The van der Waals surface area contributed by atoms with E-state index in [0.717, 1.165) is 10.9 Å². The van der Waals surface area contributed by atoms with Gasteiger partial charge >= 0.3 is 0 Å². The molecule has 4 rings (SSSR count). The van der Waals surface area contributed by atoms with Crippen LogP contribution in [-0.2, 0) is 7.05 Å². The third-order valence-corrected chi connectivity index (χ3v) is 5.64. The van der Waals surface area contributed by atoms with Crippen molar-refractivity contribution in [2.24, 2.45) is 7.05 Å². The average molecular weight is 365 g/mol. The summed E-state index contributed by atoms with van der Waals surface area (Å²) >= 11 is 0. The molecule has 2 amide bonds. The fraction of sp³-hybridized carbons (Fsp3) is 0.333. The minimum Gasteiger partial charge on any atom is -0.459 e. The van der Waals surface area contributed by atoms with Crippen molar-refractivity contribution in [1.82, 2.24) is 14.4 Å². The molecule has 0 atom stereocenters. The van der Waals surface area contributed by atoms with Gasteiger partial charge in [-0.15, -0.1) is 0 Å². The molecule has 1 fully saturated rings. The van der Waals surface area contributed by atoms with E-state index in [1.54, 1.807) is 17.0 Å². The summed E-state index contributed by atoms with van der Waals surface area (Å²) in [4.78, 5) is 28.9. The van der Waals surface area contributed by atoms with Gasteiger partial charge in [-0.2, -0.15) is 0 Å². The molecule has 140 valence electrons. The lowest BCUT2D eigenvalue weighted by Gasteiger charge is -2.34. The third-order valence-electron chi connectivity index (χ3n) is 5.64. The van der Waals surface area contributed by atoms with E-state index in [-0.39, 0.29) is 11.8 Å². The van der Waals surface area contributed by atoms with Crippen LogP contribution in [0.3, 0.4) is 0 Å². The van der Waals surface area contributed by atoms with Gasteiger partial charge in [-0.25, -0.2) is 0 Å². The van der Waals surface area contributed by atoms with E-state index in [2.05, 4.69) is 18.4 Å². The molecule has 27 heavy (non-hydrogen) atoms. The van der Waals surface area contributed by atoms with Crippen molar-refractivity contribution in [2.45, 2.75) is 13.8 Å². The van der Waals surface area contributed by atoms with Crippen molar-refractivity contribution < 1.29 is 14.0 Å². The van der Waals surface area contributed by atoms with E-state index in [9.17, 15) is 9.59 Å². The van der Waals surface area contributed by atoms with Gasteiger partial charge in [0.15, 0.2) is 5.76 Å². The van der Waals surface area contributed by atoms with Crippen molar-refractivity contribution in [2.75, 3.05) is 26.2 Å². The van der Waals surface area contributed by atoms with Gasteiger partial charge in [-0.1, -0.05) is 0 Å². The van der Waals surface area contributed by atoms with Gasteiger partial charge < -0.3 is 18.8 Å². The van der Waals surface area contributed by atoms with E-state index < -0.39 is 0 Å². The fourth-order valence-corrected chi connectivity index (χ4v) is 3.74. The van der Waals surface area contributed by atoms with Gasteiger partial charge in [0.05, 0.1) is 6.26 Å². The highest BCUT2D eigenvalue weighted by Gasteiger charge is 2.27. The predicted octanol–water partition coefficient (Wildman–Crippen LogP) is 2.99. The van der Waals surface area contributed by atoms with E-state index in [1.807, 2.05) is 30.1 Å². The Morgan fingerprint density at radius 2 is 1.63 bits per heavy atom. The third kappa shape index (κ3) is 2.91. The lowest BCUT2D eigenvalue weighted by atomic mass is 10.1. The van der Waals surface area contributed by atoms with Crippen molar-refractivity contribution in [3.63, 3.8) is 0 Å². The number of piperazine rings is 1. The average Bonchev–Trinajstić information content (AvgIpc) is 3.31. The quantitative estimate of drug-likeness (QED) is 0.701. The number of carbonyl (C=O) groups excluding carboxylic acids is 2. The first kappa shape index (κ1) is 17.4. The van der Waals surface area contributed by atoms with Crippen LogP contribution in [0.4, 0.5) is 0 Å². The molecule has 2 aromatic heterocycles. The molecule has 0 radical (unpaired) electrons. The van der Waals surface area contributed by atoms with Crippen LogP contribution in [0.25, 0.3) is 10.9 Å². The Morgan fingerprint density at radius 3 is 2.26 bits per heavy atom. The molecule has 3 aromatic rings. The Labute approximate surface area is 158 Å². The zero-order valence-corrected chi connectivity index (χ0v) is 15.9. The van der Waals surface area contributed by atoms with Crippen LogP contribution in [0.5, 0.6) is 0 Å². The van der Waals surface area contributed by atoms with Crippen LogP contribution in [0.2, 0.25) is 0 Å². The number of aryl methyl sites for hydroxylation is 2. The largest absolute Gasteiger partial charge is 0.459 e. The number of nitrogens with zero attached hydrogens (tertiary/aromatic N) is 3. The summed E-state index contributed by atoms with van der Waals surface area (Å²) in [7, 11) is 2.04. The predicted molar refractivity (Wildman–Crippen MR) is 103 cm³/mol. The second-order valence-electron chi connectivity index (χ2n) is 7.06. The Morgan fingerprint density at radius 1 is 0.963 bits per heavy atom. The Bertz CT molecular complexity index is 1010. The summed E-state index contributed by atoms with van der Waals surface area (Å²) in [5.74, 6) is 0.238. The highest BCUT2D eigenvalue weighted by Crippen LogP contribution is 2.26. The number of rotatable bonds is 2. The lowest BCUT2D eigenvalue weighted by Crippen LogP contribution is -2.50. The Balaban J connectivity index is 1.49. The number of furan rings is 1. The Kier molecular flexibility index (Phi) is 4.26.